The predicted molar refractivity (Wildman–Crippen MR) is 49.1 cm³/mol. The lowest BCUT2D eigenvalue weighted by atomic mass is 10.0. The number of piperidine rings is 1. The van der Waals surface area contributed by atoms with Gasteiger partial charge in [0.15, 0.2) is 0 Å². The van der Waals surface area contributed by atoms with Crippen LogP contribution in [0.5, 0.6) is 0 Å². The summed E-state index contributed by atoms with van der Waals surface area (Å²) in [5.41, 5.74) is 0. The zero-order chi connectivity index (χ0) is 9.14. The van der Waals surface area contributed by atoms with Crippen molar-refractivity contribution < 1.29 is 4.39 Å². The maximum absolute atomic E-state index is 13.2. The molecule has 0 bridgehead atoms. The summed E-state index contributed by atoms with van der Waals surface area (Å²) in [5.74, 6) is 0. The summed E-state index contributed by atoms with van der Waals surface area (Å²) in [6.45, 7) is 6.06. The molecule has 2 nitrogen and oxygen atoms in total. The first-order valence-corrected chi connectivity index (χ1v) is 4.70. The van der Waals surface area contributed by atoms with E-state index in [9.17, 15) is 4.39 Å². The number of hydrogen-bond acceptors (Lipinski definition) is 2. The molecule has 1 saturated heterocycles. The van der Waals surface area contributed by atoms with Gasteiger partial charge in [0.1, 0.15) is 6.17 Å². The normalized spacial score (nSPS) is 32.8. The molecule has 1 rings (SSSR count). The van der Waals surface area contributed by atoms with E-state index in [0.717, 1.165) is 13.1 Å². The molecule has 2 unspecified atom stereocenters. The predicted octanol–water partition coefficient (Wildman–Crippen LogP) is 1.03. The Hall–Kier alpha value is -0.150. The number of halogens is 1. The van der Waals surface area contributed by atoms with Crippen molar-refractivity contribution in [3.8, 4) is 0 Å². The van der Waals surface area contributed by atoms with E-state index >= 15 is 0 Å². The summed E-state index contributed by atoms with van der Waals surface area (Å²) in [5, 5.41) is 3.02. The van der Waals surface area contributed by atoms with E-state index in [1.807, 2.05) is 7.05 Å². The Bertz CT molecular complexity index is 138. The third-order valence-corrected chi connectivity index (χ3v) is 2.66. The van der Waals surface area contributed by atoms with E-state index in [-0.39, 0.29) is 6.04 Å². The number of likely N-dealkylation sites (N-methyl/N-ethyl adjacent to an activating group) is 1. The van der Waals surface area contributed by atoms with Gasteiger partial charge in [-0.2, -0.15) is 0 Å². The molecule has 0 aliphatic carbocycles. The molecule has 0 aromatic carbocycles. The van der Waals surface area contributed by atoms with Gasteiger partial charge in [0.2, 0.25) is 0 Å². The Morgan fingerprint density at radius 1 is 1.50 bits per heavy atom. The fraction of sp³-hybridized carbons (Fsp3) is 1.00. The molecule has 0 spiro atoms. The second kappa shape index (κ2) is 4.19. The average Bonchev–Trinajstić information content (AvgIpc) is 2.05. The minimum absolute atomic E-state index is 0.0288. The Balaban J connectivity index is 2.44. The van der Waals surface area contributed by atoms with Crippen molar-refractivity contribution in [1.82, 2.24) is 10.2 Å². The maximum Gasteiger partial charge on any atom is 0.118 e. The van der Waals surface area contributed by atoms with Crippen LogP contribution in [0, 0.1) is 0 Å². The van der Waals surface area contributed by atoms with Gasteiger partial charge in [0, 0.05) is 19.1 Å². The molecule has 1 fully saturated rings. The van der Waals surface area contributed by atoms with Gasteiger partial charge < -0.3 is 5.32 Å². The van der Waals surface area contributed by atoms with Crippen molar-refractivity contribution in [3.05, 3.63) is 0 Å². The largest absolute Gasteiger partial charge is 0.313 e. The maximum atomic E-state index is 13.2. The van der Waals surface area contributed by atoms with Crippen molar-refractivity contribution >= 4 is 0 Å². The van der Waals surface area contributed by atoms with E-state index in [2.05, 4.69) is 24.1 Å². The van der Waals surface area contributed by atoms with Gasteiger partial charge in [-0.05, 0) is 27.3 Å². The highest BCUT2D eigenvalue weighted by molar-refractivity contribution is 4.85. The van der Waals surface area contributed by atoms with Crippen LogP contribution in [0.2, 0.25) is 0 Å². The SMILES string of the molecule is CNC1CN(C(C)C)CCC1F. The zero-order valence-corrected chi connectivity index (χ0v) is 8.18. The van der Waals surface area contributed by atoms with E-state index in [1.54, 1.807) is 0 Å². The van der Waals surface area contributed by atoms with Crippen LogP contribution in [0.1, 0.15) is 20.3 Å². The second-order valence-electron chi connectivity index (χ2n) is 3.79. The quantitative estimate of drug-likeness (QED) is 0.672. The van der Waals surface area contributed by atoms with E-state index in [4.69, 9.17) is 0 Å². The molecule has 1 aliphatic heterocycles. The monoisotopic (exact) mass is 174 g/mol. The molecule has 0 saturated carbocycles. The molecule has 72 valence electrons. The Morgan fingerprint density at radius 3 is 2.67 bits per heavy atom. The smallest absolute Gasteiger partial charge is 0.118 e. The fourth-order valence-corrected chi connectivity index (χ4v) is 1.69. The third kappa shape index (κ3) is 2.17. The van der Waals surface area contributed by atoms with Gasteiger partial charge in [-0.25, -0.2) is 4.39 Å². The first-order chi connectivity index (χ1) is 5.65. The van der Waals surface area contributed by atoms with Crippen molar-refractivity contribution in [1.29, 1.82) is 0 Å². The highest BCUT2D eigenvalue weighted by atomic mass is 19.1. The van der Waals surface area contributed by atoms with Crippen LogP contribution in [0.25, 0.3) is 0 Å². The van der Waals surface area contributed by atoms with E-state index in [1.165, 1.54) is 0 Å². The number of rotatable bonds is 2. The highest BCUT2D eigenvalue weighted by Gasteiger charge is 2.28. The number of nitrogens with one attached hydrogen (secondary N) is 1. The second-order valence-corrected chi connectivity index (χ2v) is 3.79. The summed E-state index contributed by atoms with van der Waals surface area (Å²) < 4.78 is 13.2. The molecular formula is C9H19FN2. The van der Waals surface area contributed by atoms with Gasteiger partial charge in [0.05, 0.1) is 6.04 Å². The molecule has 3 heteroatoms. The number of nitrogens with zero attached hydrogens (tertiary/aromatic N) is 1. The van der Waals surface area contributed by atoms with Crippen LogP contribution in [0.3, 0.4) is 0 Å². The van der Waals surface area contributed by atoms with Crippen molar-refractivity contribution in [2.24, 2.45) is 0 Å². The fourth-order valence-electron chi connectivity index (χ4n) is 1.69. The van der Waals surface area contributed by atoms with Crippen molar-refractivity contribution in [2.75, 3.05) is 20.1 Å². The van der Waals surface area contributed by atoms with Crippen LogP contribution in [-0.2, 0) is 0 Å². The molecular weight excluding hydrogens is 155 g/mol. The van der Waals surface area contributed by atoms with Gasteiger partial charge >= 0.3 is 0 Å². The van der Waals surface area contributed by atoms with Crippen molar-refractivity contribution in [3.63, 3.8) is 0 Å². The van der Waals surface area contributed by atoms with Crippen LogP contribution in [0.15, 0.2) is 0 Å². The zero-order valence-electron chi connectivity index (χ0n) is 8.18. The lowest BCUT2D eigenvalue weighted by Crippen LogP contribution is -2.52. The number of hydrogen-bond donors (Lipinski definition) is 1. The summed E-state index contributed by atoms with van der Waals surface area (Å²) in [6.07, 6.45) is 0.00829. The van der Waals surface area contributed by atoms with Gasteiger partial charge in [0.25, 0.3) is 0 Å². The van der Waals surface area contributed by atoms with Crippen LogP contribution < -0.4 is 5.32 Å². The third-order valence-electron chi connectivity index (χ3n) is 2.66. The Morgan fingerprint density at radius 2 is 2.17 bits per heavy atom. The van der Waals surface area contributed by atoms with Gasteiger partial charge in [-0.3, -0.25) is 4.90 Å². The molecule has 0 aromatic rings. The molecule has 0 radical (unpaired) electrons. The number of likely N-dealkylation sites (tertiary alicyclic amines) is 1. The lowest BCUT2D eigenvalue weighted by molar-refractivity contribution is 0.0919. The topological polar surface area (TPSA) is 15.3 Å². The molecule has 0 aromatic heterocycles. The summed E-state index contributed by atoms with van der Waals surface area (Å²) in [6, 6.07) is 0.564. The average molecular weight is 174 g/mol. The van der Waals surface area contributed by atoms with Gasteiger partial charge in [-0.15, -0.1) is 0 Å². The van der Waals surface area contributed by atoms with Crippen LogP contribution >= 0.6 is 0 Å². The first-order valence-electron chi connectivity index (χ1n) is 4.70. The van der Waals surface area contributed by atoms with Crippen LogP contribution in [-0.4, -0.2) is 43.3 Å². The summed E-state index contributed by atoms with van der Waals surface area (Å²) in [4.78, 5) is 2.32. The summed E-state index contributed by atoms with van der Waals surface area (Å²) in [7, 11) is 1.83. The molecule has 12 heavy (non-hydrogen) atoms. The van der Waals surface area contributed by atoms with Gasteiger partial charge in [-0.1, -0.05) is 0 Å². The molecule has 2 atom stereocenters. The van der Waals surface area contributed by atoms with Crippen molar-refractivity contribution in [2.45, 2.75) is 38.5 Å². The highest BCUT2D eigenvalue weighted by Crippen LogP contribution is 2.15. The molecule has 1 aliphatic rings. The Labute approximate surface area is 74.1 Å². The minimum Gasteiger partial charge on any atom is -0.313 e. The standard InChI is InChI=1S/C9H19FN2/c1-7(2)12-5-4-8(10)9(6-12)11-3/h7-9,11H,4-6H2,1-3H3. The van der Waals surface area contributed by atoms with E-state index in [0.29, 0.717) is 12.5 Å². The minimum atomic E-state index is -0.662. The summed E-state index contributed by atoms with van der Waals surface area (Å²) >= 11 is 0. The molecule has 0 amide bonds. The number of alkyl halides is 1. The molecule has 1 heterocycles. The Kier molecular flexibility index (Phi) is 3.47. The van der Waals surface area contributed by atoms with E-state index < -0.39 is 6.17 Å². The first kappa shape index (κ1) is 9.93. The molecule has 1 N–H and O–H groups in total. The van der Waals surface area contributed by atoms with Crippen LogP contribution in [0.4, 0.5) is 4.39 Å². The lowest BCUT2D eigenvalue weighted by Gasteiger charge is -2.37.